The van der Waals surface area contributed by atoms with Crippen molar-refractivity contribution >= 4 is 0 Å². The lowest BCUT2D eigenvalue weighted by Gasteiger charge is -2.17. The number of hydrogen-bond acceptors (Lipinski definition) is 2. The summed E-state index contributed by atoms with van der Waals surface area (Å²) in [5.74, 6) is 0. The Morgan fingerprint density at radius 1 is 1.46 bits per heavy atom. The molecule has 0 aromatic carbocycles. The first-order chi connectivity index (χ1) is 6.04. The van der Waals surface area contributed by atoms with Crippen LogP contribution in [0.15, 0.2) is 23.1 Å². The van der Waals surface area contributed by atoms with E-state index < -0.39 is 6.10 Å². The van der Waals surface area contributed by atoms with Crippen LogP contribution in [0.5, 0.6) is 0 Å². The number of hydrogen-bond donors (Lipinski definition) is 1. The molecule has 0 radical (unpaired) electrons. The molecule has 1 heterocycles. The second kappa shape index (κ2) is 3.75. The van der Waals surface area contributed by atoms with Crippen LogP contribution in [-0.4, -0.2) is 15.8 Å². The maximum atomic E-state index is 11.6. The fraction of sp³-hybridized carbons (Fsp3) is 0.500. The highest BCUT2D eigenvalue weighted by Crippen LogP contribution is 2.07. The van der Waals surface area contributed by atoms with Crippen molar-refractivity contribution in [1.29, 1.82) is 0 Å². The molecule has 3 nitrogen and oxygen atoms in total. The average Bonchev–Trinajstić information content (AvgIpc) is 2.08. The van der Waals surface area contributed by atoms with Crippen LogP contribution in [0.25, 0.3) is 0 Å². The van der Waals surface area contributed by atoms with Gasteiger partial charge in [0.25, 0.3) is 5.56 Å². The van der Waals surface area contributed by atoms with Crippen molar-refractivity contribution in [2.45, 2.75) is 32.9 Å². The van der Waals surface area contributed by atoms with E-state index in [0.717, 1.165) is 0 Å². The standard InChI is InChI=1S/C10H15NO2/c1-7-5-4-6-11(10(7)13)8(2)9(3)12/h4-6,8-9,12H,1-3H3. The third kappa shape index (κ3) is 1.98. The van der Waals surface area contributed by atoms with Crippen molar-refractivity contribution in [1.82, 2.24) is 4.57 Å². The maximum Gasteiger partial charge on any atom is 0.253 e. The van der Waals surface area contributed by atoms with Gasteiger partial charge in [-0.2, -0.15) is 0 Å². The third-order valence-corrected chi connectivity index (χ3v) is 2.30. The zero-order valence-corrected chi connectivity index (χ0v) is 8.19. The molecule has 0 spiro atoms. The minimum Gasteiger partial charge on any atom is -0.391 e. The average molecular weight is 181 g/mol. The van der Waals surface area contributed by atoms with Gasteiger partial charge in [-0.15, -0.1) is 0 Å². The van der Waals surface area contributed by atoms with Crippen molar-refractivity contribution in [3.05, 3.63) is 34.2 Å². The van der Waals surface area contributed by atoms with E-state index >= 15 is 0 Å². The molecule has 13 heavy (non-hydrogen) atoms. The van der Waals surface area contributed by atoms with Gasteiger partial charge in [0.2, 0.25) is 0 Å². The Hall–Kier alpha value is -1.09. The van der Waals surface area contributed by atoms with E-state index in [1.54, 1.807) is 30.7 Å². The molecule has 0 bridgehead atoms. The number of nitrogens with zero attached hydrogens (tertiary/aromatic N) is 1. The second-order valence-electron chi connectivity index (χ2n) is 3.38. The molecule has 0 aliphatic carbocycles. The Morgan fingerprint density at radius 3 is 2.62 bits per heavy atom. The van der Waals surface area contributed by atoms with Crippen molar-refractivity contribution in [2.24, 2.45) is 0 Å². The Labute approximate surface area is 77.6 Å². The smallest absolute Gasteiger partial charge is 0.253 e. The zero-order chi connectivity index (χ0) is 10.0. The van der Waals surface area contributed by atoms with E-state index in [2.05, 4.69) is 0 Å². The fourth-order valence-corrected chi connectivity index (χ4v) is 1.18. The highest BCUT2D eigenvalue weighted by atomic mass is 16.3. The van der Waals surface area contributed by atoms with Crippen LogP contribution < -0.4 is 5.56 Å². The van der Waals surface area contributed by atoms with E-state index in [0.29, 0.717) is 5.56 Å². The van der Waals surface area contributed by atoms with Crippen LogP contribution in [0, 0.1) is 6.92 Å². The number of aliphatic hydroxyl groups is 1. The normalized spacial score (nSPS) is 15.4. The molecular formula is C10H15NO2. The minimum atomic E-state index is -0.514. The molecule has 72 valence electrons. The van der Waals surface area contributed by atoms with Gasteiger partial charge >= 0.3 is 0 Å². The number of aryl methyl sites for hydroxylation is 1. The summed E-state index contributed by atoms with van der Waals surface area (Å²) in [6.07, 6.45) is 1.19. The summed E-state index contributed by atoms with van der Waals surface area (Å²) < 4.78 is 1.56. The summed E-state index contributed by atoms with van der Waals surface area (Å²) in [5.41, 5.74) is 0.672. The molecule has 0 aliphatic rings. The van der Waals surface area contributed by atoms with Gasteiger partial charge in [0, 0.05) is 11.8 Å². The number of aliphatic hydroxyl groups excluding tert-OH is 1. The number of rotatable bonds is 2. The lowest BCUT2D eigenvalue weighted by molar-refractivity contribution is 0.137. The lowest BCUT2D eigenvalue weighted by Crippen LogP contribution is -2.29. The number of aromatic nitrogens is 1. The molecule has 0 amide bonds. The molecule has 0 aliphatic heterocycles. The van der Waals surface area contributed by atoms with Gasteiger partial charge in [-0.25, -0.2) is 0 Å². The van der Waals surface area contributed by atoms with E-state index in [1.807, 2.05) is 13.0 Å². The molecule has 1 N–H and O–H groups in total. The third-order valence-electron chi connectivity index (χ3n) is 2.30. The Morgan fingerprint density at radius 2 is 2.08 bits per heavy atom. The first-order valence-corrected chi connectivity index (χ1v) is 4.40. The van der Waals surface area contributed by atoms with Crippen LogP contribution in [0.1, 0.15) is 25.5 Å². The van der Waals surface area contributed by atoms with Gasteiger partial charge in [-0.1, -0.05) is 6.07 Å². The van der Waals surface area contributed by atoms with Crippen LogP contribution in [0.4, 0.5) is 0 Å². The fourth-order valence-electron chi connectivity index (χ4n) is 1.18. The Balaban J connectivity index is 3.16. The van der Waals surface area contributed by atoms with Crippen molar-refractivity contribution < 1.29 is 5.11 Å². The highest BCUT2D eigenvalue weighted by molar-refractivity contribution is 5.08. The van der Waals surface area contributed by atoms with Gasteiger partial charge in [0.05, 0.1) is 12.1 Å². The molecule has 2 unspecified atom stereocenters. The molecule has 1 rings (SSSR count). The zero-order valence-electron chi connectivity index (χ0n) is 8.19. The van der Waals surface area contributed by atoms with Crippen molar-refractivity contribution in [2.75, 3.05) is 0 Å². The SMILES string of the molecule is Cc1cccn(C(C)C(C)O)c1=O. The van der Waals surface area contributed by atoms with Crippen LogP contribution in [0.3, 0.4) is 0 Å². The van der Waals surface area contributed by atoms with Crippen LogP contribution in [-0.2, 0) is 0 Å². The molecule has 2 atom stereocenters. The van der Waals surface area contributed by atoms with Gasteiger partial charge in [0.15, 0.2) is 0 Å². The predicted octanol–water partition coefficient (Wildman–Crippen LogP) is 1.10. The monoisotopic (exact) mass is 181 g/mol. The van der Waals surface area contributed by atoms with Crippen molar-refractivity contribution in [3.8, 4) is 0 Å². The summed E-state index contributed by atoms with van der Waals surface area (Å²) in [5, 5.41) is 9.33. The van der Waals surface area contributed by atoms with E-state index in [1.165, 1.54) is 0 Å². The lowest BCUT2D eigenvalue weighted by atomic mass is 10.2. The first kappa shape index (κ1) is 9.99. The first-order valence-electron chi connectivity index (χ1n) is 4.40. The van der Waals surface area contributed by atoms with E-state index in [4.69, 9.17) is 0 Å². The summed E-state index contributed by atoms with van der Waals surface area (Å²) in [4.78, 5) is 11.6. The van der Waals surface area contributed by atoms with Crippen LogP contribution >= 0.6 is 0 Å². The van der Waals surface area contributed by atoms with Gasteiger partial charge < -0.3 is 9.67 Å². The second-order valence-corrected chi connectivity index (χ2v) is 3.38. The Kier molecular flexibility index (Phi) is 2.88. The van der Waals surface area contributed by atoms with Gasteiger partial charge in [-0.3, -0.25) is 4.79 Å². The predicted molar refractivity (Wildman–Crippen MR) is 51.8 cm³/mol. The van der Waals surface area contributed by atoms with E-state index in [9.17, 15) is 9.90 Å². The topological polar surface area (TPSA) is 42.2 Å². The molecule has 0 saturated heterocycles. The molecule has 1 aromatic heterocycles. The maximum absolute atomic E-state index is 11.6. The molecule has 1 aromatic rings. The summed E-state index contributed by atoms with van der Waals surface area (Å²) in [7, 11) is 0. The van der Waals surface area contributed by atoms with E-state index in [-0.39, 0.29) is 11.6 Å². The van der Waals surface area contributed by atoms with Gasteiger partial charge in [-0.05, 0) is 26.8 Å². The number of pyridine rings is 1. The molecule has 0 fully saturated rings. The Bertz CT molecular complexity index is 341. The molecule has 0 saturated carbocycles. The summed E-state index contributed by atoms with van der Waals surface area (Å²) >= 11 is 0. The van der Waals surface area contributed by atoms with Crippen LogP contribution in [0.2, 0.25) is 0 Å². The largest absolute Gasteiger partial charge is 0.391 e. The minimum absolute atomic E-state index is 0.0316. The van der Waals surface area contributed by atoms with Crippen molar-refractivity contribution in [3.63, 3.8) is 0 Å². The highest BCUT2D eigenvalue weighted by Gasteiger charge is 2.12. The summed E-state index contributed by atoms with van der Waals surface area (Å²) in [6, 6.07) is 3.41. The molecular weight excluding hydrogens is 166 g/mol. The quantitative estimate of drug-likeness (QED) is 0.742. The molecule has 3 heteroatoms. The summed E-state index contributed by atoms with van der Waals surface area (Å²) in [6.45, 7) is 5.28. The van der Waals surface area contributed by atoms with Gasteiger partial charge in [0.1, 0.15) is 0 Å².